The molecule has 2 aromatic rings. The monoisotopic (exact) mass is 474 g/mol. The number of nitrogens with one attached hydrogen (secondary N) is 1. The second kappa shape index (κ2) is 11.1. The van der Waals surface area contributed by atoms with E-state index in [0.29, 0.717) is 11.6 Å². The van der Waals surface area contributed by atoms with Gasteiger partial charge in [-0.05, 0) is 42.9 Å². The standard InChI is InChI=1S/C20H24Cl2N2O3S2/c1-15-5-3-6-16(11-15)14-28-10-4-9-23-20(25)13-24(29(2,26)27)19-12-17(21)7-8-18(19)22/h3,5-8,11-12H,4,9-10,13-14H2,1-2H3,(H,23,25). The Balaban J connectivity index is 1.81. The van der Waals surface area contributed by atoms with E-state index in [1.807, 2.05) is 6.07 Å². The topological polar surface area (TPSA) is 66.5 Å². The molecule has 0 radical (unpaired) electrons. The first kappa shape index (κ1) is 23.9. The van der Waals surface area contributed by atoms with Crippen molar-refractivity contribution in [3.05, 3.63) is 63.6 Å². The van der Waals surface area contributed by atoms with Gasteiger partial charge in [0.2, 0.25) is 15.9 Å². The summed E-state index contributed by atoms with van der Waals surface area (Å²) >= 11 is 13.8. The molecule has 0 spiro atoms. The van der Waals surface area contributed by atoms with Gasteiger partial charge < -0.3 is 5.32 Å². The summed E-state index contributed by atoms with van der Waals surface area (Å²) in [6.45, 7) is 2.19. The Morgan fingerprint density at radius 2 is 1.93 bits per heavy atom. The predicted molar refractivity (Wildman–Crippen MR) is 124 cm³/mol. The lowest BCUT2D eigenvalue weighted by Crippen LogP contribution is -2.40. The van der Waals surface area contributed by atoms with Crippen LogP contribution in [0.25, 0.3) is 0 Å². The van der Waals surface area contributed by atoms with E-state index in [0.717, 1.165) is 28.5 Å². The Hall–Kier alpha value is -1.41. The maximum atomic E-state index is 12.3. The Morgan fingerprint density at radius 1 is 1.17 bits per heavy atom. The second-order valence-corrected chi connectivity index (χ2v) is 10.5. The van der Waals surface area contributed by atoms with E-state index in [9.17, 15) is 13.2 Å². The number of carbonyl (C=O) groups excluding carboxylic acids is 1. The SMILES string of the molecule is Cc1cccc(CSCCCNC(=O)CN(c2cc(Cl)ccc2Cl)S(C)(=O)=O)c1. The number of thioether (sulfide) groups is 1. The number of sulfonamides is 1. The molecule has 0 saturated carbocycles. The summed E-state index contributed by atoms with van der Waals surface area (Å²) < 4.78 is 25.3. The number of hydrogen-bond acceptors (Lipinski definition) is 4. The number of halogens is 2. The average molecular weight is 475 g/mol. The molecule has 1 N–H and O–H groups in total. The third-order valence-corrected chi connectivity index (χ3v) is 6.80. The first-order valence-electron chi connectivity index (χ1n) is 8.99. The fourth-order valence-corrected chi connectivity index (χ4v) is 4.84. The van der Waals surface area contributed by atoms with Crippen LogP contribution >= 0.6 is 35.0 Å². The number of carbonyl (C=O) groups is 1. The molecule has 1 amide bonds. The van der Waals surface area contributed by atoms with Crippen molar-refractivity contribution in [1.82, 2.24) is 5.32 Å². The van der Waals surface area contributed by atoms with Crippen LogP contribution in [-0.4, -0.2) is 39.4 Å². The van der Waals surface area contributed by atoms with Gasteiger partial charge in [0.25, 0.3) is 0 Å². The minimum Gasteiger partial charge on any atom is -0.354 e. The lowest BCUT2D eigenvalue weighted by molar-refractivity contribution is -0.119. The maximum Gasteiger partial charge on any atom is 0.240 e. The molecule has 0 fully saturated rings. The molecule has 0 heterocycles. The van der Waals surface area contributed by atoms with Crippen LogP contribution in [-0.2, 0) is 20.6 Å². The number of aryl methyl sites for hydroxylation is 1. The number of hydrogen-bond donors (Lipinski definition) is 1. The van der Waals surface area contributed by atoms with Gasteiger partial charge in [0.15, 0.2) is 0 Å². The van der Waals surface area contributed by atoms with E-state index in [1.165, 1.54) is 23.3 Å². The van der Waals surface area contributed by atoms with Crippen molar-refractivity contribution in [2.75, 3.05) is 29.4 Å². The van der Waals surface area contributed by atoms with Gasteiger partial charge in [-0.1, -0.05) is 53.0 Å². The van der Waals surface area contributed by atoms with Crippen LogP contribution in [0.2, 0.25) is 10.0 Å². The lowest BCUT2D eigenvalue weighted by Gasteiger charge is -2.23. The summed E-state index contributed by atoms with van der Waals surface area (Å²) in [4.78, 5) is 12.3. The van der Waals surface area contributed by atoms with E-state index in [-0.39, 0.29) is 17.3 Å². The highest BCUT2D eigenvalue weighted by Crippen LogP contribution is 2.30. The number of rotatable bonds is 10. The van der Waals surface area contributed by atoms with Gasteiger partial charge >= 0.3 is 0 Å². The van der Waals surface area contributed by atoms with Crippen molar-refractivity contribution < 1.29 is 13.2 Å². The van der Waals surface area contributed by atoms with Gasteiger partial charge in [0.05, 0.1) is 17.0 Å². The van der Waals surface area contributed by atoms with Crippen LogP contribution in [0.1, 0.15) is 17.5 Å². The summed E-state index contributed by atoms with van der Waals surface area (Å²) in [5.74, 6) is 1.42. The molecule has 0 saturated heterocycles. The summed E-state index contributed by atoms with van der Waals surface area (Å²) in [5, 5.41) is 3.31. The molecule has 0 aromatic heterocycles. The fraction of sp³-hybridized carbons (Fsp3) is 0.350. The number of amides is 1. The molecular formula is C20H24Cl2N2O3S2. The molecule has 2 rings (SSSR count). The molecule has 0 aliphatic rings. The third kappa shape index (κ3) is 8.09. The zero-order valence-corrected chi connectivity index (χ0v) is 19.5. The number of nitrogens with zero attached hydrogens (tertiary/aromatic N) is 1. The van der Waals surface area contributed by atoms with Gasteiger partial charge in [-0.3, -0.25) is 9.10 Å². The summed E-state index contributed by atoms with van der Waals surface area (Å²) in [6.07, 6.45) is 1.82. The molecule has 5 nitrogen and oxygen atoms in total. The minimum atomic E-state index is -3.70. The Bertz CT molecular complexity index is 952. The molecule has 9 heteroatoms. The molecule has 29 heavy (non-hydrogen) atoms. The largest absolute Gasteiger partial charge is 0.354 e. The molecule has 0 aliphatic heterocycles. The van der Waals surface area contributed by atoms with Gasteiger partial charge in [-0.15, -0.1) is 0 Å². The van der Waals surface area contributed by atoms with E-state index in [2.05, 4.69) is 30.4 Å². The fourth-order valence-electron chi connectivity index (χ4n) is 2.64. The van der Waals surface area contributed by atoms with Crippen molar-refractivity contribution in [3.63, 3.8) is 0 Å². The minimum absolute atomic E-state index is 0.186. The molecular weight excluding hydrogens is 451 g/mol. The summed E-state index contributed by atoms with van der Waals surface area (Å²) in [5.41, 5.74) is 2.71. The molecule has 0 bridgehead atoms. The van der Waals surface area contributed by atoms with Crippen LogP contribution in [0.15, 0.2) is 42.5 Å². The van der Waals surface area contributed by atoms with E-state index in [4.69, 9.17) is 23.2 Å². The van der Waals surface area contributed by atoms with Crippen molar-refractivity contribution >= 4 is 56.6 Å². The predicted octanol–water partition coefficient (Wildman–Crippen LogP) is 4.51. The zero-order chi connectivity index (χ0) is 21.4. The first-order valence-corrected chi connectivity index (χ1v) is 12.8. The van der Waals surface area contributed by atoms with Gasteiger partial charge in [0.1, 0.15) is 6.54 Å². The third-order valence-electron chi connectivity index (χ3n) is 4.00. The Kier molecular flexibility index (Phi) is 9.14. The molecule has 0 unspecified atom stereocenters. The van der Waals surface area contributed by atoms with Crippen LogP contribution in [0.3, 0.4) is 0 Å². The zero-order valence-electron chi connectivity index (χ0n) is 16.3. The van der Waals surface area contributed by atoms with E-state index >= 15 is 0 Å². The second-order valence-electron chi connectivity index (χ2n) is 6.61. The highest BCUT2D eigenvalue weighted by atomic mass is 35.5. The smallest absolute Gasteiger partial charge is 0.240 e. The maximum absolute atomic E-state index is 12.3. The van der Waals surface area contributed by atoms with E-state index in [1.54, 1.807) is 17.8 Å². The molecule has 158 valence electrons. The Morgan fingerprint density at radius 3 is 2.62 bits per heavy atom. The first-order chi connectivity index (χ1) is 13.7. The molecule has 0 atom stereocenters. The van der Waals surface area contributed by atoms with Crippen LogP contribution in [0.5, 0.6) is 0 Å². The molecule has 0 aliphatic carbocycles. The van der Waals surface area contributed by atoms with Crippen molar-refractivity contribution in [3.8, 4) is 0 Å². The quantitative estimate of drug-likeness (QED) is 0.514. The van der Waals surface area contributed by atoms with E-state index < -0.39 is 15.9 Å². The van der Waals surface area contributed by atoms with Crippen molar-refractivity contribution in [2.45, 2.75) is 19.1 Å². The highest BCUT2D eigenvalue weighted by molar-refractivity contribution is 7.98. The van der Waals surface area contributed by atoms with Crippen molar-refractivity contribution in [1.29, 1.82) is 0 Å². The number of benzene rings is 2. The Labute approximate surface area is 186 Å². The highest BCUT2D eigenvalue weighted by Gasteiger charge is 2.23. The van der Waals surface area contributed by atoms with Gasteiger partial charge in [0, 0.05) is 17.3 Å². The molecule has 2 aromatic carbocycles. The van der Waals surface area contributed by atoms with Crippen molar-refractivity contribution in [2.24, 2.45) is 0 Å². The van der Waals surface area contributed by atoms with Crippen LogP contribution in [0.4, 0.5) is 5.69 Å². The lowest BCUT2D eigenvalue weighted by atomic mass is 10.2. The van der Waals surface area contributed by atoms with Gasteiger partial charge in [-0.25, -0.2) is 8.42 Å². The number of anilines is 1. The van der Waals surface area contributed by atoms with Crippen LogP contribution < -0.4 is 9.62 Å². The average Bonchev–Trinajstić information content (AvgIpc) is 2.64. The normalized spacial score (nSPS) is 11.3. The van der Waals surface area contributed by atoms with Crippen LogP contribution in [0, 0.1) is 6.92 Å². The summed E-state index contributed by atoms with van der Waals surface area (Å²) in [7, 11) is -3.70. The van der Waals surface area contributed by atoms with Gasteiger partial charge in [-0.2, -0.15) is 11.8 Å². The summed E-state index contributed by atoms with van der Waals surface area (Å²) in [6, 6.07) is 12.9.